The number of carboxylic acid groups (broad SMARTS) is 1. The molecule has 1 N–H and O–H groups in total. The number of piperidine rings is 1. The van der Waals surface area contributed by atoms with Crippen molar-refractivity contribution in [1.82, 2.24) is 15.0 Å². The summed E-state index contributed by atoms with van der Waals surface area (Å²) in [4.78, 5) is 15.5. The Hall–Kier alpha value is -2.66. The topological polar surface area (TPSA) is 97.9 Å². The predicted octanol–water partition coefficient (Wildman–Crippen LogP) is 3.21. The zero-order valence-corrected chi connectivity index (χ0v) is 17.0. The standard InChI is InChI=1S/C18H23N3O3.C2HF3O2/c1-14-9-15(20-24-14)11-21-8-4-6-18(13-21)10-16(12-22-18)23-17-5-2-3-7-19-17;3-2(4,5)1(6)7/h2-3,5,7,9,16H,4,6,8,10-13H2,1H3;(H,6,7)/t16-,18+;/m1./s1. The molecule has 0 aromatic carbocycles. The number of aromatic nitrogens is 2. The molecule has 8 nitrogen and oxygen atoms in total. The van der Waals surface area contributed by atoms with E-state index in [-0.39, 0.29) is 11.7 Å². The molecule has 11 heteroatoms. The summed E-state index contributed by atoms with van der Waals surface area (Å²) < 4.78 is 49.1. The van der Waals surface area contributed by atoms with Crippen LogP contribution in [-0.2, 0) is 16.1 Å². The molecule has 4 heterocycles. The second kappa shape index (κ2) is 9.65. The van der Waals surface area contributed by atoms with Crippen molar-refractivity contribution in [3.05, 3.63) is 41.9 Å². The summed E-state index contributed by atoms with van der Waals surface area (Å²) in [5, 5.41) is 11.2. The van der Waals surface area contributed by atoms with Crippen molar-refractivity contribution in [2.75, 3.05) is 19.7 Å². The first kappa shape index (κ1) is 23.0. The molecular weight excluding hydrogens is 419 g/mol. The number of halogens is 3. The van der Waals surface area contributed by atoms with Crippen LogP contribution in [0.1, 0.15) is 30.7 Å². The van der Waals surface area contributed by atoms with Crippen LogP contribution in [0.4, 0.5) is 13.2 Å². The quantitative estimate of drug-likeness (QED) is 0.769. The highest BCUT2D eigenvalue weighted by atomic mass is 19.4. The largest absolute Gasteiger partial charge is 0.490 e. The molecule has 0 bridgehead atoms. The average molecular weight is 443 g/mol. The lowest BCUT2D eigenvalue weighted by molar-refractivity contribution is -0.192. The third-order valence-electron chi connectivity index (χ3n) is 5.02. The highest BCUT2D eigenvalue weighted by Gasteiger charge is 2.44. The number of nitrogens with zero attached hydrogens (tertiary/aromatic N) is 3. The molecule has 31 heavy (non-hydrogen) atoms. The molecule has 0 amide bonds. The first-order valence-corrected chi connectivity index (χ1v) is 9.81. The maximum absolute atomic E-state index is 10.6. The first-order chi connectivity index (χ1) is 14.7. The van der Waals surface area contributed by atoms with E-state index in [0.717, 1.165) is 50.4 Å². The molecule has 4 rings (SSSR count). The van der Waals surface area contributed by atoms with E-state index in [9.17, 15) is 13.2 Å². The maximum Gasteiger partial charge on any atom is 0.490 e. The molecule has 170 valence electrons. The number of hydrogen-bond donors (Lipinski definition) is 1. The van der Waals surface area contributed by atoms with Gasteiger partial charge in [0.05, 0.1) is 17.9 Å². The van der Waals surface area contributed by atoms with Crippen LogP contribution < -0.4 is 4.74 Å². The van der Waals surface area contributed by atoms with Gasteiger partial charge in [-0.2, -0.15) is 13.2 Å². The van der Waals surface area contributed by atoms with Crippen molar-refractivity contribution in [3.8, 4) is 5.88 Å². The summed E-state index contributed by atoms with van der Waals surface area (Å²) in [7, 11) is 0. The lowest BCUT2D eigenvalue weighted by Crippen LogP contribution is -2.47. The van der Waals surface area contributed by atoms with Gasteiger partial charge in [-0.15, -0.1) is 0 Å². The van der Waals surface area contributed by atoms with Crippen LogP contribution >= 0.6 is 0 Å². The van der Waals surface area contributed by atoms with Gasteiger partial charge < -0.3 is 19.1 Å². The zero-order chi connectivity index (χ0) is 22.5. The molecular formula is C20H24F3N3O5. The molecule has 2 aliphatic heterocycles. The Balaban J connectivity index is 0.000000339. The monoisotopic (exact) mass is 443 g/mol. The van der Waals surface area contributed by atoms with Crippen molar-refractivity contribution < 1.29 is 37.1 Å². The third kappa shape index (κ3) is 6.66. The van der Waals surface area contributed by atoms with E-state index in [4.69, 9.17) is 23.9 Å². The highest BCUT2D eigenvalue weighted by molar-refractivity contribution is 5.73. The Kier molecular flexibility index (Phi) is 7.16. The van der Waals surface area contributed by atoms with Gasteiger partial charge in [-0.25, -0.2) is 9.78 Å². The smallest absolute Gasteiger partial charge is 0.475 e. The number of ether oxygens (including phenoxy) is 2. The van der Waals surface area contributed by atoms with Crippen LogP contribution in [0.5, 0.6) is 5.88 Å². The minimum absolute atomic E-state index is 0.0779. The number of alkyl halides is 3. The van der Waals surface area contributed by atoms with Crippen LogP contribution in [0.2, 0.25) is 0 Å². The van der Waals surface area contributed by atoms with Gasteiger partial charge in [0.25, 0.3) is 0 Å². The lowest BCUT2D eigenvalue weighted by Gasteiger charge is -2.39. The SMILES string of the molecule is Cc1cc(CN2CCC[C@]3(C[C@@H](Oc4ccccn4)CO3)C2)no1.O=C(O)C(F)(F)F. The Morgan fingerprint density at radius 1 is 1.42 bits per heavy atom. The minimum atomic E-state index is -5.08. The number of aliphatic carboxylic acids is 1. The van der Waals surface area contributed by atoms with E-state index >= 15 is 0 Å². The van der Waals surface area contributed by atoms with E-state index in [2.05, 4.69) is 15.0 Å². The number of hydrogen-bond acceptors (Lipinski definition) is 7. The number of pyridine rings is 1. The summed E-state index contributed by atoms with van der Waals surface area (Å²) >= 11 is 0. The third-order valence-corrected chi connectivity index (χ3v) is 5.02. The fourth-order valence-corrected chi connectivity index (χ4v) is 3.80. The normalized spacial score (nSPS) is 23.9. The Morgan fingerprint density at radius 3 is 2.81 bits per heavy atom. The van der Waals surface area contributed by atoms with Gasteiger partial charge in [0.15, 0.2) is 0 Å². The van der Waals surface area contributed by atoms with Gasteiger partial charge in [-0.3, -0.25) is 4.90 Å². The Morgan fingerprint density at radius 2 is 2.19 bits per heavy atom. The van der Waals surface area contributed by atoms with Crippen LogP contribution in [0.3, 0.4) is 0 Å². The molecule has 2 saturated heterocycles. The fourth-order valence-electron chi connectivity index (χ4n) is 3.80. The van der Waals surface area contributed by atoms with Crippen molar-refractivity contribution in [3.63, 3.8) is 0 Å². The number of carboxylic acids is 1. The molecule has 2 aromatic heterocycles. The van der Waals surface area contributed by atoms with E-state index in [1.54, 1.807) is 6.20 Å². The van der Waals surface area contributed by atoms with E-state index < -0.39 is 12.1 Å². The van der Waals surface area contributed by atoms with Gasteiger partial charge in [0.1, 0.15) is 11.9 Å². The summed E-state index contributed by atoms with van der Waals surface area (Å²) in [5.41, 5.74) is 0.889. The van der Waals surface area contributed by atoms with E-state index in [1.807, 2.05) is 31.2 Å². The maximum atomic E-state index is 10.6. The lowest BCUT2D eigenvalue weighted by atomic mass is 9.89. The molecule has 0 radical (unpaired) electrons. The number of carbonyl (C=O) groups is 1. The van der Waals surface area contributed by atoms with Gasteiger partial charge in [0, 0.05) is 37.8 Å². The molecule has 0 saturated carbocycles. The van der Waals surface area contributed by atoms with Crippen molar-refractivity contribution in [2.45, 2.75) is 50.6 Å². The summed E-state index contributed by atoms with van der Waals surface area (Å²) in [6, 6.07) is 7.73. The first-order valence-electron chi connectivity index (χ1n) is 9.81. The molecule has 2 atom stereocenters. The number of likely N-dealkylation sites (tertiary alicyclic amines) is 1. The van der Waals surface area contributed by atoms with Crippen molar-refractivity contribution >= 4 is 5.97 Å². The second-order valence-corrected chi connectivity index (χ2v) is 7.65. The molecule has 2 aliphatic rings. The van der Waals surface area contributed by atoms with Gasteiger partial charge in [0.2, 0.25) is 5.88 Å². The van der Waals surface area contributed by atoms with Crippen molar-refractivity contribution in [2.24, 2.45) is 0 Å². The molecule has 2 aromatic rings. The van der Waals surface area contributed by atoms with Crippen LogP contribution in [-0.4, -0.2) is 63.7 Å². The molecule has 0 unspecified atom stereocenters. The van der Waals surface area contributed by atoms with Gasteiger partial charge >= 0.3 is 12.1 Å². The fraction of sp³-hybridized carbons (Fsp3) is 0.550. The van der Waals surface area contributed by atoms with Gasteiger partial charge in [-0.1, -0.05) is 11.2 Å². The van der Waals surface area contributed by atoms with Crippen molar-refractivity contribution in [1.29, 1.82) is 0 Å². The number of aryl methyl sites for hydroxylation is 1. The summed E-state index contributed by atoms with van der Waals surface area (Å²) in [5.74, 6) is -1.22. The minimum Gasteiger partial charge on any atom is -0.475 e. The van der Waals surface area contributed by atoms with Crippen LogP contribution in [0.15, 0.2) is 35.0 Å². The average Bonchev–Trinajstić information content (AvgIpc) is 3.28. The van der Waals surface area contributed by atoms with Crippen LogP contribution in [0, 0.1) is 6.92 Å². The van der Waals surface area contributed by atoms with E-state index in [0.29, 0.717) is 12.5 Å². The highest BCUT2D eigenvalue weighted by Crippen LogP contribution is 2.36. The number of rotatable bonds is 4. The second-order valence-electron chi connectivity index (χ2n) is 7.65. The predicted molar refractivity (Wildman–Crippen MR) is 101 cm³/mol. The molecule has 0 aliphatic carbocycles. The van der Waals surface area contributed by atoms with E-state index in [1.165, 1.54) is 0 Å². The Labute approximate surface area is 176 Å². The summed E-state index contributed by atoms with van der Waals surface area (Å²) in [6.07, 6.45) is -0.119. The van der Waals surface area contributed by atoms with Crippen LogP contribution in [0.25, 0.3) is 0 Å². The Bertz CT molecular complexity index is 861. The zero-order valence-electron chi connectivity index (χ0n) is 17.0. The van der Waals surface area contributed by atoms with Gasteiger partial charge in [-0.05, 0) is 32.4 Å². The summed E-state index contributed by atoms with van der Waals surface area (Å²) in [6.45, 7) is 5.36. The molecule has 1 spiro atoms. The molecule has 2 fully saturated rings.